The second-order valence-corrected chi connectivity index (χ2v) is 6.76. The van der Waals surface area contributed by atoms with Crippen molar-refractivity contribution in [3.63, 3.8) is 0 Å². The van der Waals surface area contributed by atoms with Gasteiger partial charge in [-0.3, -0.25) is 4.79 Å². The third kappa shape index (κ3) is 3.10. The van der Waals surface area contributed by atoms with Gasteiger partial charge in [-0.2, -0.15) is 0 Å². The minimum atomic E-state index is -0.0771. The highest BCUT2D eigenvalue weighted by Crippen LogP contribution is 2.27. The van der Waals surface area contributed by atoms with Gasteiger partial charge >= 0.3 is 0 Å². The third-order valence-electron chi connectivity index (χ3n) is 5.00. The van der Waals surface area contributed by atoms with Crippen LogP contribution in [0.2, 0.25) is 0 Å². The number of amides is 1. The molecule has 3 aromatic rings. The number of piperazine rings is 1. The molecule has 1 N–H and O–H groups in total. The van der Waals surface area contributed by atoms with Crippen LogP contribution in [0.3, 0.4) is 0 Å². The molecule has 0 bridgehead atoms. The standard InChI is InChI=1S/C21H23N3O2/c1-3-15-5-7-16(8-6-15)18-13-22-10-11-24(18)21(25)20-12-17-19(26-20)9-4-14(2)23-17/h4-9,12,18,22H,3,10-11,13H2,1-2H3. The van der Waals surface area contributed by atoms with Gasteiger partial charge in [0, 0.05) is 31.4 Å². The van der Waals surface area contributed by atoms with Crippen LogP contribution in [0, 0.1) is 6.92 Å². The van der Waals surface area contributed by atoms with Crippen molar-refractivity contribution in [2.24, 2.45) is 0 Å². The third-order valence-corrected chi connectivity index (χ3v) is 5.00. The van der Waals surface area contributed by atoms with Crippen molar-refractivity contribution in [1.82, 2.24) is 15.2 Å². The van der Waals surface area contributed by atoms with E-state index in [-0.39, 0.29) is 11.9 Å². The van der Waals surface area contributed by atoms with E-state index in [9.17, 15) is 4.79 Å². The van der Waals surface area contributed by atoms with E-state index in [1.807, 2.05) is 24.0 Å². The smallest absolute Gasteiger partial charge is 0.290 e. The molecule has 0 spiro atoms. The normalized spacial score (nSPS) is 17.6. The number of furan rings is 1. The van der Waals surface area contributed by atoms with Crippen molar-refractivity contribution >= 4 is 17.0 Å². The van der Waals surface area contributed by atoms with E-state index >= 15 is 0 Å². The minimum Gasteiger partial charge on any atom is -0.449 e. The summed E-state index contributed by atoms with van der Waals surface area (Å²) in [5, 5.41) is 3.40. The lowest BCUT2D eigenvalue weighted by Gasteiger charge is -2.36. The number of aromatic nitrogens is 1. The molecule has 0 saturated carbocycles. The fourth-order valence-corrected chi connectivity index (χ4v) is 3.49. The van der Waals surface area contributed by atoms with Gasteiger partial charge in [0.05, 0.1) is 6.04 Å². The molecule has 5 nitrogen and oxygen atoms in total. The first-order valence-corrected chi connectivity index (χ1v) is 9.13. The van der Waals surface area contributed by atoms with E-state index in [1.54, 1.807) is 6.07 Å². The first kappa shape index (κ1) is 16.8. The van der Waals surface area contributed by atoms with Gasteiger partial charge in [0.25, 0.3) is 5.91 Å². The molecular weight excluding hydrogens is 326 g/mol. The zero-order valence-electron chi connectivity index (χ0n) is 15.2. The number of pyridine rings is 1. The van der Waals surface area contributed by atoms with Crippen molar-refractivity contribution in [3.8, 4) is 0 Å². The fraction of sp³-hybridized carbons (Fsp3) is 0.333. The topological polar surface area (TPSA) is 58.4 Å². The fourth-order valence-electron chi connectivity index (χ4n) is 3.49. The predicted molar refractivity (Wildman–Crippen MR) is 101 cm³/mol. The summed E-state index contributed by atoms with van der Waals surface area (Å²) in [5.74, 6) is 0.280. The Hall–Kier alpha value is -2.66. The second-order valence-electron chi connectivity index (χ2n) is 6.76. The first-order valence-electron chi connectivity index (χ1n) is 9.13. The highest BCUT2D eigenvalue weighted by molar-refractivity contribution is 5.95. The van der Waals surface area contributed by atoms with Crippen molar-refractivity contribution in [2.75, 3.05) is 19.6 Å². The van der Waals surface area contributed by atoms with Crippen LogP contribution in [0.5, 0.6) is 0 Å². The molecule has 1 fully saturated rings. The van der Waals surface area contributed by atoms with Gasteiger partial charge in [-0.15, -0.1) is 0 Å². The SMILES string of the molecule is CCc1ccc(C2CNCCN2C(=O)c2cc3nc(C)ccc3o2)cc1. The molecule has 1 amide bonds. The highest BCUT2D eigenvalue weighted by atomic mass is 16.3. The largest absolute Gasteiger partial charge is 0.449 e. The summed E-state index contributed by atoms with van der Waals surface area (Å²) in [4.78, 5) is 19.5. The Bertz CT molecular complexity index is 930. The van der Waals surface area contributed by atoms with Crippen LogP contribution >= 0.6 is 0 Å². The molecule has 1 aliphatic heterocycles. The van der Waals surface area contributed by atoms with E-state index < -0.39 is 0 Å². The van der Waals surface area contributed by atoms with Crippen LogP contribution in [0.15, 0.2) is 46.9 Å². The molecule has 26 heavy (non-hydrogen) atoms. The Morgan fingerprint density at radius 1 is 1.27 bits per heavy atom. The maximum absolute atomic E-state index is 13.1. The van der Waals surface area contributed by atoms with Gasteiger partial charge < -0.3 is 14.6 Å². The molecule has 1 saturated heterocycles. The number of carbonyl (C=O) groups is 1. The first-order chi connectivity index (χ1) is 12.7. The Morgan fingerprint density at radius 3 is 2.85 bits per heavy atom. The van der Waals surface area contributed by atoms with Gasteiger partial charge in [-0.05, 0) is 36.6 Å². The monoisotopic (exact) mass is 349 g/mol. The molecule has 134 valence electrons. The molecule has 1 aromatic carbocycles. The summed E-state index contributed by atoms with van der Waals surface area (Å²) in [6, 6.07) is 14.0. The minimum absolute atomic E-state index is 0.00469. The van der Waals surface area contributed by atoms with Gasteiger partial charge in [-0.25, -0.2) is 4.98 Å². The number of benzene rings is 1. The van der Waals surface area contributed by atoms with Crippen LogP contribution in [-0.4, -0.2) is 35.4 Å². The average molecular weight is 349 g/mol. The van der Waals surface area contributed by atoms with Crippen molar-refractivity contribution in [3.05, 3.63) is 65.0 Å². The number of nitrogens with one attached hydrogen (secondary N) is 1. The summed E-state index contributed by atoms with van der Waals surface area (Å²) in [6.45, 7) is 6.26. The van der Waals surface area contributed by atoms with Crippen molar-refractivity contribution in [2.45, 2.75) is 26.3 Å². The lowest BCUT2D eigenvalue weighted by molar-refractivity contribution is 0.0604. The number of hydrogen-bond donors (Lipinski definition) is 1. The maximum Gasteiger partial charge on any atom is 0.290 e. The molecule has 4 rings (SSSR count). The van der Waals surface area contributed by atoms with E-state index in [0.29, 0.717) is 17.9 Å². The van der Waals surface area contributed by atoms with Crippen LogP contribution in [0.25, 0.3) is 11.1 Å². The maximum atomic E-state index is 13.1. The van der Waals surface area contributed by atoms with E-state index in [2.05, 4.69) is 41.5 Å². The molecule has 5 heteroatoms. The van der Waals surface area contributed by atoms with Crippen molar-refractivity contribution < 1.29 is 9.21 Å². The van der Waals surface area contributed by atoms with Gasteiger partial charge in [0.15, 0.2) is 11.3 Å². The number of hydrogen-bond acceptors (Lipinski definition) is 4. The summed E-state index contributed by atoms with van der Waals surface area (Å²) in [5.41, 5.74) is 4.74. The molecule has 0 radical (unpaired) electrons. The molecule has 1 unspecified atom stereocenters. The highest BCUT2D eigenvalue weighted by Gasteiger charge is 2.30. The van der Waals surface area contributed by atoms with E-state index in [4.69, 9.17) is 4.42 Å². The lowest BCUT2D eigenvalue weighted by atomic mass is 10.0. The number of rotatable bonds is 3. The van der Waals surface area contributed by atoms with E-state index in [0.717, 1.165) is 36.3 Å². The van der Waals surface area contributed by atoms with Crippen molar-refractivity contribution in [1.29, 1.82) is 0 Å². The Kier molecular flexibility index (Phi) is 4.47. The lowest BCUT2D eigenvalue weighted by Crippen LogP contribution is -2.48. The summed E-state index contributed by atoms with van der Waals surface area (Å²) in [6.07, 6.45) is 1.01. The quantitative estimate of drug-likeness (QED) is 0.786. The van der Waals surface area contributed by atoms with Gasteiger partial charge in [-0.1, -0.05) is 31.2 Å². The number of aryl methyl sites for hydroxylation is 2. The van der Waals surface area contributed by atoms with Crippen LogP contribution in [0.1, 0.15) is 40.3 Å². The van der Waals surface area contributed by atoms with E-state index in [1.165, 1.54) is 5.56 Å². The summed E-state index contributed by atoms with van der Waals surface area (Å²) in [7, 11) is 0. The van der Waals surface area contributed by atoms with Crippen LogP contribution in [0.4, 0.5) is 0 Å². The predicted octanol–water partition coefficient (Wildman–Crippen LogP) is 3.49. The zero-order valence-corrected chi connectivity index (χ0v) is 15.2. The molecule has 3 heterocycles. The molecular formula is C21H23N3O2. The number of carbonyl (C=O) groups excluding carboxylic acids is 1. The molecule has 2 aromatic heterocycles. The molecule has 0 aliphatic carbocycles. The second kappa shape index (κ2) is 6.92. The number of fused-ring (bicyclic) bond motifs is 1. The molecule has 1 aliphatic rings. The summed E-state index contributed by atoms with van der Waals surface area (Å²) >= 11 is 0. The van der Waals surface area contributed by atoms with Gasteiger partial charge in [0.1, 0.15) is 5.52 Å². The molecule has 1 atom stereocenters. The Labute approximate surface area is 153 Å². The van der Waals surface area contributed by atoms with Crippen LogP contribution < -0.4 is 5.32 Å². The van der Waals surface area contributed by atoms with Crippen LogP contribution in [-0.2, 0) is 6.42 Å². The Balaban J connectivity index is 1.64. The average Bonchev–Trinajstić information content (AvgIpc) is 3.10. The zero-order chi connectivity index (χ0) is 18.1. The summed E-state index contributed by atoms with van der Waals surface area (Å²) < 4.78 is 5.78. The number of nitrogens with zero attached hydrogens (tertiary/aromatic N) is 2. The Morgan fingerprint density at radius 2 is 2.08 bits per heavy atom. The van der Waals surface area contributed by atoms with Gasteiger partial charge in [0.2, 0.25) is 0 Å².